The number of aryl methyl sites for hydroxylation is 1. The topological polar surface area (TPSA) is 89.1 Å². The van der Waals surface area contributed by atoms with Crippen LogP contribution in [-0.2, 0) is 0 Å². The predicted molar refractivity (Wildman–Crippen MR) is 63.9 cm³/mol. The molecule has 1 amide bonds. The molecule has 0 bridgehead atoms. The van der Waals surface area contributed by atoms with E-state index in [1.807, 2.05) is 13.1 Å². The van der Waals surface area contributed by atoms with Crippen LogP contribution in [0.3, 0.4) is 0 Å². The number of nitrogens with one attached hydrogen (secondary N) is 1. The molecular weight excluding hydrogens is 238 g/mol. The molecule has 6 nitrogen and oxygen atoms in total. The minimum absolute atomic E-state index is 0.447. The van der Waals surface area contributed by atoms with Gasteiger partial charge in [-0.3, -0.25) is 9.89 Å². The van der Waals surface area contributed by atoms with Gasteiger partial charge in [0.15, 0.2) is 0 Å². The van der Waals surface area contributed by atoms with Gasteiger partial charge in [-0.15, -0.1) is 11.3 Å². The predicted octanol–water partition coefficient (Wildman–Crippen LogP) is 1.19. The zero-order valence-corrected chi connectivity index (χ0v) is 9.78. The van der Waals surface area contributed by atoms with E-state index in [4.69, 9.17) is 5.73 Å². The number of fused-ring (bicyclic) bond motifs is 1. The molecule has 0 aliphatic rings. The fourth-order valence-electron chi connectivity index (χ4n) is 1.68. The first-order valence-electron chi connectivity index (χ1n) is 4.94. The van der Waals surface area contributed by atoms with E-state index >= 15 is 0 Å². The fraction of sp³-hybridized carbons (Fsp3) is 0.100. The van der Waals surface area contributed by atoms with Gasteiger partial charge in [-0.05, 0) is 6.92 Å². The number of nitrogens with zero attached hydrogens (tertiary/aromatic N) is 3. The Hall–Kier alpha value is -2.15. The molecule has 3 aromatic rings. The van der Waals surface area contributed by atoms with E-state index in [1.165, 1.54) is 17.5 Å². The number of carbonyl (C=O) groups is 1. The number of carbonyl (C=O) groups excluding carboxylic acids is 1. The van der Waals surface area contributed by atoms with Crippen LogP contribution in [-0.4, -0.2) is 25.7 Å². The van der Waals surface area contributed by atoms with E-state index < -0.39 is 5.91 Å². The van der Waals surface area contributed by atoms with Crippen molar-refractivity contribution in [3.05, 3.63) is 29.8 Å². The van der Waals surface area contributed by atoms with Crippen LogP contribution in [0.2, 0.25) is 0 Å². The number of rotatable bonds is 2. The van der Waals surface area contributed by atoms with Crippen LogP contribution in [0.15, 0.2) is 18.6 Å². The van der Waals surface area contributed by atoms with Gasteiger partial charge in [-0.2, -0.15) is 10.2 Å². The SMILES string of the molecule is Cc1[nH]ncc1-c1cn2ncc(C(N)=O)c2s1. The summed E-state index contributed by atoms with van der Waals surface area (Å²) in [5.41, 5.74) is 7.72. The van der Waals surface area contributed by atoms with Gasteiger partial charge in [0.05, 0.1) is 22.8 Å². The molecule has 0 saturated heterocycles. The van der Waals surface area contributed by atoms with Crippen LogP contribution in [0.1, 0.15) is 16.1 Å². The van der Waals surface area contributed by atoms with Gasteiger partial charge >= 0.3 is 0 Å². The molecule has 0 atom stereocenters. The molecule has 3 heterocycles. The lowest BCUT2D eigenvalue weighted by molar-refractivity contribution is 0.100. The van der Waals surface area contributed by atoms with Gasteiger partial charge in [0.1, 0.15) is 4.83 Å². The molecule has 17 heavy (non-hydrogen) atoms. The van der Waals surface area contributed by atoms with Crippen molar-refractivity contribution in [1.82, 2.24) is 19.8 Å². The standard InChI is InChI=1S/C10H9N5OS/c1-5-6(2-12-14-5)8-4-15-10(17-8)7(3-13-15)9(11)16/h2-4H,1H3,(H2,11,16)(H,12,14). The number of hydrogen-bond donors (Lipinski definition) is 2. The molecule has 3 aromatic heterocycles. The van der Waals surface area contributed by atoms with Gasteiger partial charge in [-0.25, -0.2) is 4.52 Å². The maximum atomic E-state index is 11.2. The van der Waals surface area contributed by atoms with E-state index in [-0.39, 0.29) is 0 Å². The molecule has 3 rings (SSSR count). The Balaban J connectivity index is 2.21. The maximum absolute atomic E-state index is 11.2. The van der Waals surface area contributed by atoms with Crippen molar-refractivity contribution in [2.24, 2.45) is 5.73 Å². The molecule has 0 aliphatic heterocycles. The van der Waals surface area contributed by atoms with Crippen molar-refractivity contribution in [3.63, 3.8) is 0 Å². The lowest BCUT2D eigenvalue weighted by atomic mass is 10.2. The summed E-state index contributed by atoms with van der Waals surface area (Å²) in [5, 5.41) is 10.9. The lowest BCUT2D eigenvalue weighted by Crippen LogP contribution is -2.09. The van der Waals surface area contributed by atoms with E-state index in [1.54, 1.807) is 10.7 Å². The third-order valence-electron chi connectivity index (χ3n) is 2.56. The number of H-pyrrole nitrogens is 1. The van der Waals surface area contributed by atoms with Crippen LogP contribution >= 0.6 is 11.3 Å². The molecule has 0 aromatic carbocycles. The third kappa shape index (κ3) is 1.43. The van der Waals surface area contributed by atoms with E-state index in [2.05, 4.69) is 15.3 Å². The molecular formula is C10H9N5OS. The summed E-state index contributed by atoms with van der Waals surface area (Å²) in [6, 6.07) is 0. The third-order valence-corrected chi connectivity index (χ3v) is 3.70. The average Bonchev–Trinajstić information content (AvgIpc) is 2.89. The van der Waals surface area contributed by atoms with Gasteiger partial charge in [-0.1, -0.05) is 0 Å². The van der Waals surface area contributed by atoms with Crippen molar-refractivity contribution in [2.75, 3.05) is 0 Å². The first-order chi connectivity index (χ1) is 8.16. The first kappa shape index (κ1) is 10.0. The molecule has 0 aliphatic carbocycles. The highest BCUT2D eigenvalue weighted by molar-refractivity contribution is 7.21. The Morgan fingerprint density at radius 1 is 1.53 bits per heavy atom. The van der Waals surface area contributed by atoms with Crippen LogP contribution < -0.4 is 5.73 Å². The molecule has 0 fully saturated rings. The van der Waals surface area contributed by atoms with Gasteiger partial charge in [0.25, 0.3) is 5.91 Å². The summed E-state index contributed by atoms with van der Waals surface area (Å²) >= 11 is 1.47. The Labute approximate surface area is 100 Å². The van der Waals surface area contributed by atoms with Gasteiger partial charge in [0.2, 0.25) is 0 Å². The van der Waals surface area contributed by atoms with Gasteiger partial charge < -0.3 is 5.73 Å². The van der Waals surface area contributed by atoms with Gasteiger partial charge in [0, 0.05) is 17.5 Å². The van der Waals surface area contributed by atoms with E-state index in [9.17, 15) is 4.79 Å². The van der Waals surface area contributed by atoms with Crippen molar-refractivity contribution < 1.29 is 4.79 Å². The summed E-state index contributed by atoms with van der Waals surface area (Å²) < 4.78 is 1.66. The second-order valence-electron chi connectivity index (χ2n) is 3.68. The zero-order valence-electron chi connectivity index (χ0n) is 8.97. The summed E-state index contributed by atoms with van der Waals surface area (Å²) in [6.07, 6.45) is 5.11. The number of thiazole rings is 1. The summed E-state index contributed by atoms with van der Waals surface area (Å²) in [4.78, 5) is 13.0. The van der Waals surface area contributed by atoms with Crippen LogP contribution in [0.5, 0.6) is 0 Å². The number of nitrogens with two attached hydrogens (primary N) is 1. The highest BCUT2D eigenvalue weighted by atomic mass is 32.1. The van der Waals surface area contributed by atoms with Crippen LogP contribution in [0.25, 0.3) is 15.3 Å². The lowest BCUT2D eigenvalue weighted by Gasteiger charge is -1.91. The Morgan fingerprint density at radius 2 is 2.35 bits per heavy atom. The highest BCUT2D eigenvalue weighted by Crippen LogP contribution is 2.31. The van der Waals surface area contributed by atoms with E-state index in [0.29, 0.717) is 5.56 Å². The number of aromatic nitrogens is 4. The summed E-state index contributed by atoms with van der Waals surface area (Å²) in [5.74, 6) is -0.461. The summed E-state index contributed by atoms with van der Waals surface area (Å²) in [7, 11) is 0. The quantitative estimate of drug-likeness (QED) is 0.713. The summed E-state index contributed by atoms with van der Waals surface area (Å²) in [6.45, 7) is 1.94. The Morgan fingerprint density at radius 3 is 3.00 bits per heavy atom. The molecule has 86 valence electrons. The second kappa shape index (κ2) is 3.42. The molecule has 3 N–H and O–H groups in total. The Bertz CT molecular complexity index is 707. The van der Waals surface area contributed by atoms with E-state index in [0.717, 1.165) is 21.0 Å². The highest BCUT2D eigenvalue weighted by Gasteiger charge is 2.15. The number of hydrogen-bond acceptors (Lipinski definition) is 4. The molecule has 0 saturated carbocycles. The van der Waals surface area contributed by atoms with Crippen molar-refractivity contribution in [3.8, 4) is 10.4 Å². The molecule has 0 spiro atoms. The normalized spacial score (nSPS) is 11.1. The zero-order chi connectivity index (χ0) is 12.0. The minimum Gasteiger partial charge on any atom is -0.365 e. The maximum Gasteiger partial charge on any atom is 0.253 e. The van der Waals surface area contributed by atoms with Crippen LogP contribution in [0.4, 0.5) is 0 Å². The number of aromatic amines is 1. The van der Waals surface area contributed by atoms with Crippen LogP contribution in [0, 0.1) is 6.92 Å². The number of primary amides is 1. The van der Waals surface area contributed by atoms with Crippen molar-refractivity contribution >= 4 is 22.1 Å². The first-order valence-corrected chi connectivity index (χ1v) is 5.76. The Kier molecular flexibility index (Phi) is 2.02. The largest absolute Gasteiger partial charge is 0.365 e. The van der Waals surface area contributed by atoms with Crippen molar-refractivity contribution in [1.29, 1.82) is 0 Å². The molecule has 0 radical (unpaired) electrons. The molecule has 7 heteroatoms. The smallest absolute Gasteiger partial charge is 0.253 e. The monoisotopic (exact) mass is 247 g/mol. The molecule has 0 unspecified atom stereocenters. The van der Waals surface area contributed by atoms with Crippen molar-refractivity contribution in [2.45, 2.75) is 6.92 Å². The number of amides is 1. The second-order valence-corrected chi connectivity index (χ2v) is 4.71. The fourth-order valence-corrected chi connectivity index (χ4v) is 2.81. The minimum atomic E-state index is -0.461. The average molecular weight is 247 g/mol.